The summed E-state index contributed by atoms with van der Waals surface area (Å²) in [4.78, 5) is 21.8. The van der Waals surface area contributed by atoms with Gasteiger partial charge in [-0.25, -0.2) is 14.6 Å². The number of rotatable bonds is 11. The molecule has 3 aromatic rings. The van der Waals surface area contributed by atoms with Crippen molar-refractivity contribution < 1.29 is 19.0 Å². The van der Waals surface area contributed by atoms with Gasteiger partial charge in [0, 0.05) is 25.3 Å². The first kappa shape index (κ1) is 22.2. The standard InChI is InChI=1S/C21H26N6O4S/c1-3-29-10-8-22-18-15-12-24-27(19(15)26-21(25-18)32-4-2)9-7-23-20(28)14-5-6-16-17(11-14)31-13-30-16/h5-6,11-12H,3-4,7-10,13H2,1-2H3,(H,23,28)(H,22,25,26). The lowest BCUT2D eigenvalue weighted by Crippen LogP contribution is -2.27. The molecule has 3 heterocycles. The number of carbonyl (C=O) groups excluding carboxylic acids is 1. The number of carbonyl (C=O) groups is 1. The predicted octanol–water partition coefficient (Wildman–Crippen LogP) is 2.55. The molecule has 170 valence electrons. The van der Waals surface area contributed by atoms with Crippen LogP contribution in [0.5, 0.6) is 11.5 Å². The van der Waals surface area contributed by atoms with Gasteiger partial charge in [-0.15, -0.1) is 0 Å². The molecule has 0 aliphatic carbocycles. The summed E-state index contributed by atoms with van der Waals surface area (Å²) in [6, 6.07) is 5.14. The molecule has 0 atom stereocenters. The predicted molar refractivity (Wildman–Crippen MR) is 122 cm³/mol. The van der Waals surface area contributed by atoms with E-state index in [0.717, 1.165) is 22.6 Å². The van der Waals surface area contributed by atoms with Gasteiger partial charge in [0.2, 0.25) is 6.79 Å². The highest BCUT2D eigenvalue weighted by atomic mass is 32.2. The van der Waals surface area contributed by atoms with Gasteiger partial charge in [0.1, 0.15) is 5.82 Å². The molecular weight excluding hydrogens is 432 g/mol. The molecule has 0 bridgehead atoms. The average Bonchev–Trinajstić information content (AvgIpc) is 3.43. The van der Waals surface area contributed by atoms with E-state index in [4.69, 9.17) is 14.2 Å². The van der Waals surface area contributed by atoms with E-state index >= 15 is 0 Å². The van der Waals surface area contributed by atoms with Crippen LogP contribution in [-0.4, -0.2) is 64.5 Å². The van der Waals surface area contributed by atoms with E-state index in [1.807, 2.05) is 6.92 Å². The lowest BCUT2D eigenvalue weighted by atomic mass is 10.2. The summed E-state index contributed by atoms with van der Waals surface area (Å²) in [6.07, 6.45) is 1.75. The fourth-order valence-electron chi connectivity index (χ4n) is 3.23. The molecule has 0 radical (unpaired) electrons. The molecule has 0 unspecified atom stereocenters. The van der Waals surface area contributed by atoms with Gasteiger partial charge in [0.15, 0.2) is 22.3 Å². The summed E-state index contributed by atoms with van der Waals surface area (Å²) in [5, 5.41) is 12.2. The van der Waals surface area contributed by atoms with Crippen LogP contribution in [0.1, 0.15) is 24.2 Å². The summed E-state index contributed by atoms with van der Waals surface area (Å²) < 4.78 is 17.8. The normalized spacial score (nSPS) is 12.3. The van der Waals surface area contributed by atoms with Crippen LogP contribution in [0.25, 0.3) is 11.0 Å². The van der Waals surface area contributed by atoms with Gasteiger partial charge in [-0.3, -0.25) is 4.79 Å². The number of hydrogen-bond donors (Lipinski definition) is 2. The van der Waals surface area contributed by atoms with Crippen molar-refractivity contribution in [3.8, 4) is 11.5 Å². The molecule has 1 aromatic carbocycles. The number of nitrogens with one attached hydrogen (secondary N) is 2. The van der Waals surface area contributed by atoms with E-state index in [2.05, 4.69) is 32.6 Å². The van der Waals surface area contributed by atoms with Crippen molar-refractivity contribution >= 4 is 34.5 Å². The number of aromatic nitrogens is 4. The van der Waals surface area contributed by atoms with Crippen molar-refractivity contribution in [3.63, 3.8) is 0 Å². The Hall–Kier alpha value is -3.05. The topological polar surface area (TPSA) is 112 Å². The number of hydrogen-bond acceptors (Lipinski definition) is 9. The summed E-state index contributed by atoms with van der Waals surface area (Å²) in [5.41, 5.74) is 1.25. The zero-order chi connectivity index (χ0) is 22.3. The highest BCUT2D eigenvalue weighted by Crippen LogP contribution is 2.32. The molecule has 0 spiro atoms. The molecule has 2 N–H and O–H groups in total. The molecule has 11 heteroatoms. The lowest BCUT2D eigenvalue weighted by Gasteiger charge is -2.10. The molecule has 32 heavy (non-hydrogen) atoms. The molecule has 0 fully saturated rings. The number of benzene rings is 1. The van der Waals surface area contributed by atoms with Crippen molar-refractivity contribution in [2.24, 2.45) is 0 Å². The minimum atomic E-state index is -0.185. The van der Waals surface area contributed by atoms with Crippen LogP contribution in [0.4, 0.5) is 5.82 Å². The Labute approximate surface area is 190 Å². The SMILES string of the molecule is CCOCCNc1nc(SCC)nc2c1cnn2CCNC(=O)c1ccc2c(c1)OCO2. The Kier molecular flexibility index (Phi) is 7.28. The Bertz CT molecular complexity index is 1090. The van der Waals surface area contributed by atoms with Crippen molar-refractivity contribution in [2.45, 2.75) is 25.5 Å². The smallest absolute Gasteiger partial charge is 0.251 e. The first-order valence-corrected chi connectivity index (χ1v) is 11.5. The summed E-state index contributed by atoms with van der Waals surface area (Å²) in [5.74, 6) is 2.65. The first-order chi connectivity index (χ1) is 15.7. The summed E-state index contributed by atoms with van der Waals surface area (Å²) in [7, 11) is 0. The molecule has 0 saturated heterocycles. The Morgan fingerprint density at radius 3 is 2.94 bits per heavy atom. The largest absolute Gasteiger partial charge is 0.454 e. The molecule has 1 aliphatic heterocycles. The van der Waals surface area contributed by atoms with Crippen LogP contribution >= 0.6 is 11.8 Å². The van der Waals surface area contributed by atoms with E-state index in [1.54, 1.807) is 40.8 Å². The summed E-state index contributed by atoms with van der Waals surface area (Å²) >= 11 is 1.57. The highest BCUT2D eigenvalue weighted by molar-refractivity contribution is 7.99. The number of thioether (sulfide) groups is 1. The Morgan fingerprint density at radius 1 is 1.22 bits per heavy atom. The number of nitrogens with zero attached hydrogens (tertiary/aromatic N) is 4. The molecule has 10 nitrogen and oxygen atoms in total. The molecule has 4 rings (SSSR count). The maximum atomic E-state index is 12.5. The van der Waals surface area contributed by atoms with Crippen molar-refractivity contribution in [1.29, 1.82) is 0 Å². The third-order valence-corrected chi connectivity index (χ3v) is 5.47. The van der Waals surface area contributed by atoms with E-state index in [-0.39, 0.29) is 12.7 Å². The highest BCUT2D eigenvalue weighted by Gasteiger charge is 2.17. The van der Waals surface area contributed by atoms with E-state index in [9.17, 15) is 4.79 Å². The second-order valence-corrected chi connectivity index (χ2v) is 8.07. The van der Waals surface area contributed by atoms with Crippen LogP contribution in [0.2, 0.25) is 0 Å². The van der Waals surface area contributed by atoms with E-state index in [1.165, 1.54) is 0 Å². The number of anilines is 1. The Balaban J connectivity index is 1.43. The fourth-order valence-corrected chi connectivity index (χ4v) is 3.79. The molecular formula is C21H26N6O4S. The van der Waals surface area contributed by atoms with Crippen molar-refractivity contribution in [3.05, 3.63) is 30.0 Å². The van der Waals surface area contributed by atoms with E-state index in [0.29, 0.717) is 55.1 Å². The first-order valence-electron chi connectivity index (χ1n) is 10.6. The quantitative estimate of drug-likeness (QED) is 0.254. The zero-order valence-corrected chi connectivity index (χ0v) is 18.9. The van der Waals surface area contributed by atoms with Crippen LogP contribution in [-0.2, 0) is 11.3 Å². The van der Waals surface area contributed by atoms with Gasteiger partial charge in [-0.2, -0.15) is 5.10 Å². The monoisotopic (exact) mass is 458 g/mol. The number of fused-ring (bicyclic) bond motifs is 2. The van der Waals surface area contributed by atoms with Gasteiger partial charge in [-0.1, -0.05) is 18.7 Å². The molecule has 1 amide bonds. The zero-order valence-electron chi connectivity index (χ0n) is 18.1. The minimum Gasteiger partial charge on any atom is -0.454 e. The minimum absolute atomic E-state index is 0.176. The third-order valence-electron chi connectivity index (χ3n) is 4.74. The maximum absolute atomic E-state index is 12.5. The van der Waals surface area contributed by atoms with Gasteiger partial charge in [0.25, 0.3) is 5.91 Å². The van der Waals surface area contributed by atoms with Crippen LogP contribution in [0.15, 0.2) is 29.6 Å². The average molecular weight is 459 g/mol. The Morgan fingerprint density at radius 2 is 2.09 bits per heavy atom. The fraction of sp³-hybridized carbons (Fsp3) is 0.429. The second kappa shape index (κ2) is 10.5. The molecule has 2 aromatic heterocycles. The maximum Gasteiger partial charge on any atom is 0.251 e. The third kappa shape index (κ3) is 5.05. The molecule has 1 aliphatic rings. The number of ether oxygens (including phenoxy) is 3. The lowest BCUT2D eigenvalue weighted by molar-refractivity contribution is 0.0951. The van der Waals surface area contributed by atoms with Crippen molar-refractivity contribution in [1.82, 2.24) is 25.1 Å². The van der Waals surface area contributed by atoms with E-state index < -0.39 is 0 Å². The molecule has 0 saturated carbocycles. The van der Waals surface area contributed by atoms with Crippen molar-refractivity contribution in [2.75, 3.05) is 44.2 Å². The van der Waals surface area contributed by atoms with Gasteiger partial charge in [0.05, 0.1) is 24.7 Å². The van der Waals surface area contributed by atoms with Gasteiger partial charge >= 0.3 is 0 Å². The van der Waals surface area contributed by atoms with Crippen LogP contribution in [0.3, 0.4) is 0 Å². The van der Waals surface area contributed by atoms with Crippen LogP contribution in [0, 0.1) is 0 Å². The van der Waals surface area contributed by atoms with Gasteiger partial charge < -0.3 is 24.8 Å². The summed E-state index contributed by atoms with van der Waals surface area (Å²) in [6.45, 7) is 6.99. The number of amides is 1. The van der Waals surface area contributed by atoms with Gasteiger partial charge in [-0.05, 0) is 30.9 Å². The van der Waals surface area contributed by atoms with Crippen LogP contribution < -0.4 is 20.1 Å². The second-order valence-electron chi connectivity index (χ2n) is 6.84.